The summed E-state index contributed by atoms with van der Waals surface area (Å²) < 4.78 is 18.8. The first-order valence-electron chi connectivity index (χ1n) is 7.44. The van der Waals surface area contributed by atoms with Crippen LogP contribution in [0.4, 0.5) is 4.39 Å². The molecule has 1 aliphatic heterocycles. The van der Waals surface area contributed by atoms with Gasteiger partial charge < -0.3 is 9.64 Å². The van der Waals surface area contributed by atoms with Crippen LogP contribution in [0.15, 0.2) is 41.6 Å². The summed E-state index contributed by atoms with van der Waals surface area (Å²) in [5, 5.41) is 0.942. The minimum atomic E-state index is -0.484. The summed E-state index contributed by atoms with van der Waals surface area (Å²) in [5.41, 5.74) is 1.23. The largest absolute Gasteiger partial charge is 0.463 e. The highest BCUT2D eigenvalue weighted by Crippen LogP contribution is 2.32. The normalized spacial score (nSPS) is 16.2. The molecule has 0 spiro atoms. The van der Waals surface area contributed by atoms with Crippen molar-refractivity contribution < 1.29 is 18.7 Å². The van der Waals surface area contributed by atoms with Gasteiger partial charge in [0.25, 0.3) is 0 Å². The lowest BCUT2D eigenvalue weighted by Gasteiger charge is -2.18. The van der Waals surface area contributed by atoms with Gasteiger partial charge in [-0.15, -0.1) is 0 Å². The number of benzene rings is 1. The molecule has 3 rings (SSSR count). The van der Waals surface area contributed by atoms with Crippen LogP contribution in [0.3, 0.4) is 0 Å². The third-order valence-electron chi connectivity index (χ3n) is 3.57. The van der Waals surface area contributed by atoms with Gasteiger partial charge in [-0.05, 0) is 30.7 Å². The van der Waals surface area contributed by atoms with Crippen LogP contribution < -0.4 is 0 Å². The average molecular weight is 346 g/mol. The van der Waals surface area contributed by atoms with Crippen molar-refractivity contribution in [2.45, 2.75) is 13.5 Å². The van der Waals surface area contributed by atoms with Crippen LogP contribution in [0.5, 0.6) is 0 Å². The molecule has 2 heterocycles. The smallest absolute Gasteiger partial charge is 0.333 e. The first-order chi connectivity index (χ1) is 11.6. The van der Waals surface area contributed by atoms with Gasteiger partial charge >= 0.3 is 5.97 Å². The maximum Gasteiger partial charge on any atom is 0.333 e. The van der Waals surface area contributed by atoms with E-state index in [0.717, 1.165) is 5.56 Å². The molecular formula is C17H15FN2O3S. The van der Waals surface area contributed by atoms with Crippen molar-refractivity contribution >= 4 is 34.5 Å². The molecule has 7 heteroatoms. The molecule has 1 fully saturated rings. The fourth-order valence-electron chi connectivity index (χ4n) is 2.48. The Morgan fingerprint density at radius 3 is 3.08 bits per heavy atom. The number of hydrogen-bond donors (Lipinski definition) is 0. The quantitative estimate of drug-likeness (QED) is 0.629. The van der Waals surface area contributed by atoms with E-state index in [1.807, 2.05) is 0 Å². The fraction of sp³-hybridized carbons (Fsp3) is 0.235. The highest BCUT2D eigenvalue weighted by atomic mass is 32.2. The SMILES string of the molecule is CCOC(=O)C=C1SCC(=O)N1Cc1ccc(F)c2cccnc12. The molecule has 1 amide bonds. The van der Waals surface area contributed by atoms with Crippen LogP contribution in [0, 0.1) is 5.82 Å². The van der Waals surface area contributed by atoms with Gasteiger partial charge in [0, 0.05) is 11.6 Å². The van der Waals surface area contributed by atoms with E-state index in [4.69, 9.17) is 4.74 Å². The Kier molecular flexibility index (Phi) is 4.80. The summed E-state index contributed by atoms with van der Waals surface area (Å²) in [6.45, 7) is 2.22. The highest BCUT2D eigenvalue weighted by Gasteiger charge is 2.28. The second kappa shape index (κ2) is 7.00. The molecule has 0 saturated carbocycles. The predicted octanol–water partition coefficient (Wildman–Crippen LogP) is 2.85. The number of carbonyl (C=O) groups is 2. The molecule has 0 N–H and O–H groups in total. The zero-order valence-corrected chi connectivity index (χ0v) is 13.8. The molecule has 0 bridgehead atoms. The summed E-state index contributed by atoms with van der Waals surface area (Å²) in [4.78, 5) is 29.5. The molecule has 2 aromatic rings. The van der Waals surface area contributed by atoms with Crippen molar-refractivity contribution in [2.24, 2.45) is 0 Å². The number of amides is 1. The van der Waals surface area contributed by atoms with E-state index in [2.05, 4.69) is 4.98 Å². The first-order valence-corrected chi connectivity index (χ1v) is 8.42. The molecule has 1 aromatic carbocycles. The number of esters is 1. The lowest BCUT2D eigenvalue weighted by Crippen LogP contribution is -2.24. The van der Waals surface area contributed by atoms with Crippen LogP contribution >= 0.6 is 11.8 Å². The van der Waals surface area contributed by atoms with Crippen LogP contribution in [0.25, 0.3) is 10.9 Å². The second-order valence-electron chi connectivity index (χ2n) is 5.11. The monoisotopic (exact) mass is 346 g/mol. The summed E-state index contributed by atoms with van der Waals surface area (Å²) in [6.07, 6.45) is 2.90. The summed E-state index contributed by atoms with van der Waals surface area (Å²) in [5.74, 6) is -0.686. The van der Waals surface area contributed by atoms with Gasteiger partial charge in [0.2, 0.25) is 5.91 Å². The average Bonchev–Trinajstić information content (AvgIpc) is 2.91. The zero-order chi connectivity index (χ0) is 17.1. The predicted molar refractivity (Wildman–Crippen MR) is 89.4 cm³/mol. The Bertz CT molecular complexity index is 838. The van der Waals surface area contributed by atoms with Gasteiger partial charge in [-0.2, -0.15) is 0 Å². The number of rotatable bonds is 4. The summed E-state index contributed by atoms with van der Waals surface area (Å²) >= 11 is 1.28. The standard InChI is InChI=1S/C17H15FN2O3S/c1-2-23-16(22)8-15-20(14(21)10-24-15)9-11-5-6-13(18)12-4-3-7-19-17(11)12/h3-8H,2,9-10H2,1H3. The molecule has 24 heavy (non-hydrogen) atoms. The highest BCUT2D eigenvalue weighted by molar-refractivity contribution is 8.04. The zero-order valence-electron chi connectivity index (χ0n) is 13.0. The van der Waals surface area contributed by atoms with E-state index in [1.54, 1.807) is 31.3 Å². The van der Waals surface area contributed by atoms with Crippen LogP contribution in [0.1, 0.15) is 12.5 Å². The van der Waals surface area contributed by atoms with Crippen molar-refractivity contribution in [3.05, 3.63) is 52.9 Å². The number of halogens is 1. The van der Waals surface area contributed by atoms with Gasteiger partial charge in [-0.25, -0.2) is 9.18 Å². The molecular weight excluding hydrogens is 331 g/mol. The van der Waals surface area contributed by atoms with E-state index >= 15 is 0 Å². The van der Waals surface area contributed by atoms with Crippen molar-refractivity contribution in [3.63, 3.8) is 0 Å². The van der Waals surface area contributed by atoms with E-state index in [0.29, 0.717) is 15.9 Å². The van der Waals surface area contributed by atoms with E-state index in [-0.39, 0.29) is 30.6 Å². The Balaban J connectivity index is 1.93. The molecule has 0 unspecified atom stereocenters. The van der Waals surface area contributed by atoms with E-state index in [1.165, 1.54) is 28.8 Å². The number of thioether (sulfide) groups is 1. The maximum absolute atomic E-state index is 13.9. The topological polar surface area (TPSA) is 59.5 Å². The van der Waals surface area contributed by atoms with E-state index in [9.17, 15) is 14.0 Å². The molecule has 0 radical (unpaired) electrons. The molecule has 0 aliphatic carbocycles. The Labute approximate surface area is 142 Å². The Hall–Kier alpha value is -2.41. The van der Waals surface area contributed by atoms with Gasteiger partial charge in [0.15, 0.2) is 0 Å². The number of pyridine rings is 1. The van der Waals surface area contributed by atoms with E-state index < -0.39 is 5.97 Å². The molecule has 124 valence electrons. The molecule has 0 atom stereocenters. The minimum absolute atomic E-state index is 0.107. The molecule has 1 aliphatic rings. The Morgan fingerprint density at radius 1 is 1.46 bits per heavy atom. The van der Waals surface area contributed by atoms with Gasteiger partial charge in [-0.1, -0.05) is 17.8 Å². The third kappa shape index (κ3) is 3.26. The van der Waals surface area contributed by atoms with Crippen molar-refractivity contribution in [1.29, 1.82) is 0 Å². The van der Waals surface area contributed by atoms with Crippen LogP contribution in [-0.4, -0.2) is 34.1 Å². The number of nitrogens with zero attached hydrogens (tertiary/aromatic N) is 2. The van der Waals surface area contributed by atoms with Crippen LogP contribution in [-0.2, 0) is 20.9 Å². The Morgan fingerprint density at radius 2 is 2.29 bits per heavy atom. The lowest BCUT2D eigenvalue weighted by molar-refractivity contribution is -0.137. The van der Waals surface area contributed by atoms with Crippen molar-refractivity contribution in [3.8, 4) is 0 Å². The third-order valence-corrected chi connectivity index (χ3v) is 4.59. The molecule has 5 nitrogen and oxygen atoms in total. The molecule has 1 saturated heterocycles. The second-order valence-corrected chi connectivity index (χ2v) is 6.10. The number of hydrogen-bond acceptors (Lipinski definition) is 5. The molecule has 1 aromatic heterocycles. The van der Waals surface area contributed by atoms with Crippen molar-refractivity contribution in [2.75, 3.05) is 12.4 Å². The lowest BCUT2D eigenvalue weighted by atomic mass is 10.1. The fourth-order valence-corrected chi connectivity index (χ4v) is 3.41. The summed E-state index contributed by atoms with van der Waals surface area (Å²) in [6, 6.07) is 6.29. The van der Waals surface area contributed by atoms with Gasteiger partial charge in [0.05, 0.1) is 35.5 Å². The number of aromatic nitrogens is 1. The number of ether oxygens (including phenoxy) is 1. The minimum Gasteiger partial charge on any atom is -0.463 e. The summed E-state index contributed by atoms with van der Waals surface area (Å²) in [7, 11) is 0. The first kappa shape index (κ1) is 16.4. The number of carbonyl (C=O) groups excluding carboxylic acids is 2. The van der Waals surface area contributed by atoms with Crippen molar-refractivity contribution in [1.82, 2.24) is 9.88 Å². The van der Waals surface area contributed by atoms with Crippen LogP contribution in [0.2, 0.25) is 0 Å². The van der Waals surface area contributed by atoms with Gasteiger partial charge in [-0.3, -0.25) is 9.78 Å². The maximum atomic E-state index is 13.9. The van der Waals surface area contributed by atoms with Gasteiger partial charge in [0.1, 0.15) is 5.82 Å². The number of fused-ring (bicyclic) bond motifs is 1.